The van der Waals surface area contributed by atoms with E-state index in [0.29, 0.717) is 21.9 Å². The van der Waals surface area contributed by atoms with Crippen LogP contribution in [0.4, 0.5) is 0 Å². The fourth-order valence-electron chi connectivity index (χ4n) is 2.17. The number of nitrogens with zero attached hydrogens (tertiary/aromatic N) is 1. The van der Waals surface area contributed by atoms with Crippen LogP contribution in [0.25, 0.3) is 11.4 Å². The van der Waals surface area contributed by atoms with Crippen LogP contribution in [0.1, 0.15) is 31.4 Å². The van der Waals surface area contributed by atoms with Crippen LogP contribution in [0.5, 0.6) is 5.75 Å². The number of rotatable bonds is 4. The Morgan fingerprint density at radius 3 is 2.85 bits per heavy atom. The van der Waals surface area contributed by atoms with Gasteiger partial charge in [0.15, 0.2) is 0 Å². The van der Waals surface area contributed by atoms with E-state index in [1.54, 1.807) is 0 Å². The molecule has 1 fully saturated rings. The largest absolute Gasteiger partial charge is 0.493 e. The van der Waals surface area contributed by atoms with E-state index in [4.69, 9.17) is 4.74 Å². The number of halogens is 1. The molecular formula is C15H15IN2O2. The summed E-state index contributed by atoms with van der Waals surface area (Å²) >= 11 is 2.08. The lowest BCUT2D eigenvalue weighted by Crippen LogP contribution is -2.16. The molecule has 1 aromatic carbocycles. The fraction of sp³-hybridized carbons (Fsp3) is 0.333. The molecule has 1 N–H and O–H groups in total. The van der Waals surface area contributed by atoms with Crippen LogP contribution >= 0.6 is 22.6 Å². The van der Waals surface area contributed by atoms with Crippen molar-refractivity contribution in [3.05, 3.63) is 43.9 Å². The van der Waals surface area contributed by atoms with Gasteiger partial charge in [-0.3, -0.25) is 4.79 Å². The molecule has 0 bridgehead atoms. The maximum absolute atomic E-state index is 12.1. The van der Waals surface area contributed by atoms with E-state index in [-0.39, 0.29) is 5.56 Å². The fourth-order valence-corrected chi connectivity index (χ4v) is 2.87. The Bertz CT molecular complexity index is 693. The lowest BCUT2D eigenvalue weighted by Gasteiger charge is -2.10. The van der Waals surface area contributed by atoms with Crippen molar-refractivity contribution >= 4 is 22.6 Å². The van der Waals surface area contributed by atoms with Crippen molar-refractivity contribution in [3.8, 4) is 17.1 Å². The standard InChI is InChI=1S/C15H15IN2O2/c1-2-20-11-6-4-3-5-10(11)14-17-13(9-7-8-9)12(16)15(19)18-14/h3-6,9H,2,7-8H2,1H3,(H,17,18,19). The van der Waals surface area contributed by atoms with Crippen molar-refractivity contribution in [2.45, 2.75) is 25.7 Å². The van der Waals surface area contributed by atoms with Crippen molar-refractivity contribution in [1.29, 1.82) is 0 Å². The molecule has 0 aliphatic heterocycles. The van der Waals surface area contributed by atoms with Crippen LogP contribution in [-0.4, -0.2) is 16.6 Å². The van der Waals surface area contributed by atoms with Crippen molar-refractivity contribution in [3.63, 3.8) is 0 Å². The molecular weight excluding hydrogens is 367 g/mol. The SMILES string of the molecule is CCOc1ccccc1-c1nc(C2CC2)c(I)c(=O)[nH]1. The Balaban J connectivity index is 2.13. The molecule has 20 heavy (non-hydrogen) atoms. The van der Waals surface area contributed by atoms with Crippen LogP contribution in [-0.2, 0) is 0 Å². The predicted octanol–water partition coefficient (Wildman–Crippen LogP) is 3.32. The van der Waals surface area contributed by atoms with E-state index >= 15 is 0 Å². The summed E-state index contributed by atoms with van der Waals surface area (Å²) in [4.78, 5) is 19.6. The molecule has 1 aliphatic carbocycles. The van der Waals surface area contributed by atoms with Gasteiger partial charge in [0.2, 0.25) is 0 Å². The Morgan fingerprint density at radius 1 is 1.40 bits per heavy atom. The molecule has 0 unspecified atom stereocenters. The summed E-state index contributed by atoms with van der Waals surface area (Å²) in [6.45, 7) is 2.53. The predicted molar refractivity (Wildman–Crippen MR) is 86.2 cm³/mol. The first-order valence-corrected chi connectivity index (χ1v) is 7.80. The van der Waals surface area contributed by atoms with Crippen LogP contribution in [0, 0.1) is 3.57 Å². The third-order valence-corrected chi connectivity index (χ3v) is 4.34. The number of nitrogens with one attached hydrogen (secondary N) is 1. The number of para-hydroxylation sites is 1. The Kier molecular flexibility index (Phi) is 3.78. The average molecular weight is 382 g/mol. The number of ether oxygens (including phenoxy) is 1. The number of benzene rings is 1. The first kappa shape index (κ1) is 13.6. The molecule has 0 radical (unpaired) electrons. The number of aromatic nitrogens is 2. The maximum atomic E-state index is 12.1. The van der Waals surface area contributed by atoms with Gasteiger partial charge in [-0.1, -0.05) is 12.1 Å². The number of aromatic amines is 1. The van der Waals surface area contributed by atoms with Gasteiger partial charge < -0.3 is 9.72 Å². The topological polar surface area (TPSA) is 55.0 Å². The van der Waals surface area contributed by atoms with Gasteiger partial charge in [0, 0.05) is 5.92 Å². The van der Waals surface area contributed by atoms with Gasteiger partial charge in [-0.2, -0.15) is 0 Å². The smallest absolute Gasteiger partial charge is 0.264 e. The summed E-state index contributed by atoms with van der Waals surface area (Å²) in [5.41, 5.74) is 1.70. The van der Waals surface area contributed by atoms with E-state index < -0.39 is 0 Å². The summed E-state index contributed by atoms with van der Waals surface area (Å²) in [6, 6.07) is 7.66. The molecule has 0 amide bonds. The van der Waals surface area contributed by atoms with Crippen LogP contribution in [0.2, 0.25) is 0 Å². The Hall–Kier alpha value is -1.37. The highest BCUT2D eigenvalue weighted by atomic mass is 127. The van der Waals surface area contributed by atoms with E-state index in [0.717, 1.165) is 29.8 Å². The molecule has 0 atom stereocenters. The van der Waals surface area contributed by atoms with Crippen molar-refractivity contribution in [1.82, 2.24) is 9.97 Å². The van der Waals surface area contributed by atoms with Gasteiger partial charge in [-0.15, -0.1) is 0 Å². The molecule has 1 heterocycles. The molecule has 1 aliphatic rings. The second-order valence-corrected chi connectivity index (χ2v) is 5.90. The first-order chi connectivity index (χ1) is 9.70. The molecule has 4 nitrogen and oxygen atoms in total. The van der Waals surface area contributed by atoms with Gasteiger partial charge in [0.1, 0.15) is 11.6 Å². The van der Waals surface area contributed by atoms with Gasteiger partial charge in [-0.25, -0.2) is 4.98 Å². The van der Waals surface area contributed by atoms with Crippen LogP contribution in [0.15, 0.2) is 29.1 Å². The zero-order valence-electron chi connectivity index (χ0n) is 11.1. The summed E-state index contributed by atoms with van der Waals surface area (Å²) in [5.74, 6) is 1.80. The molecule has 3 rings (SSSR count). The normalized spacial score (nSPS) is 14.3. The third-order valence-electron chi connectivity index (χ3n) is 3.29. The Labute approximate surface area is 130 Å². The quantitative estimate of drug-likeness (QED) is 0.826. The number of hydrogen-bond donors (Lipinski definition) is 1. The van der Waals surface area contributed by atoms with Crippen molar-refractivity contribution in [2.24, 2.45) is 0 Å². The van der Waals surface area contributed by atoms with E-state index in [1.165, 1.54) is 0 Å². The zero-order valence-corrected chi connectivity index (χ0v) is 13.3. The molecule has 0 spiro atoms. The highest BCUT2D eigenvalue weighted by Gasteiger charge is 2.29. The van der Waals surface area contributed by atoms with Gasteiger partial charge in [-0.05, 0) is 54.5 Å². The Morgan fingerprint density at radius 2 is 2.15 bits per heavy atom. The minimum absolute atomic E-state index is 0.0659. The minimum atomic E-state index is -0.0659. The van der Waals surface area contributed by atoms with Crippen molar-refractivity contribution < 1.29 is 4.74 Å². The second-order valence-electron chi connectivity index (χ2n) is 4.82. The highest BCUT2D eigenvalue weighted by molar-refractivity contribution is 14.1. The van der Waals surface area contributed by atoms with Crippen LogP contribution < -0.4 is 10.3 Å². The highest BCUT2D eigenvalue weighted by Crippen LogP contribution is 2.41. The minimum Gasteiger partial charge on any atom is -0.493 e. The molecule has 1 aromatic heterocycles. The zero-order chi connectivity index (χ0) is 14.1. The van der Waals surface area contributed by atoms with Gasteiger partial charge in [0.25, 0.3) is 5.56 Å². The van der Waals surface area contributed by atoms with Gasteiger partial charge >= 0.3 is 0 Å². The molecule has 1 saturated carbocycles. The molecule has 2 aromatic rings. The summed E-state index contributed by atoms with van der Waals surface area (Å²) < 4.78 is 6.32. The van der Waals surface area contributed by atoms with Crippen molar-refractivity contribution in [2.75, 3.05) is 6.61 Å². The van der Waals surface area contributed by atoms with Crippen LogP contribution in [0.3, 0.4) is 0 Å². The van der Waals surface area contributed by atoms with Gasteiger partial charge in [0.05, 0.1) is 21.4 Å². The maximum Gasteiger partial charge on any atom is 0.264 e. The van der Waals surface area contributed by atoms with E-state index in [2.05, 4.69) is 32.6 Å². The number of hydrogen-bond acceptors (Lipinski definition) is 3. The summed E-state index contributed by atoms with van der Waals surface area (Å²) in [5, 5.41) is 0. The first-order valence-electron chi connectivity index (χ1n) is 6.72. The summed E-state index contributed by atoms with van der Waals surface area (Å²) in [7, 11) is 0. The average Bonchev–Trinajstić information content (AvgIpc) is 3.27. The molecule has 0 saturated heterocycles. The summed E-state index contributed by atoms with van der Waals surface area (Å²) in [6.07, 6.45) is 2.25. The lowest BCUT2D eigenvalue weighted by atomic mass is 10.1. The lowest BCUT2D eigenvalue weighted by molar-refractivity contribution is 0.341. The van der Waals surface area contributed by atoms with E-state index in [1.807, 2.05) is 31.2 Å². The monoisotopic (exact) mass is 382 g/mol. The molecule has 104 valence electrons. The second kappa shape index (κ2) is 5.55. The third kappa shape index (κ3) is 2.59. The number of H-pyrrole nitrogens is 1. The van der Waals surface area contributed by atoms with E-state index in [9.17, 15) is 4.79 Å². The molecule has 5 heteroatoms.